The summed E-state index contributed by atoms with van der Waals surface area (Å²) in [5.41, 5.74) is 0.726. The highest BCUT2D eigenvalue weighted by molar-refractivity contribution is 9.10. The Labute approximate surface area is 119 Å². The van der Waals surface area contributed by atoms with Gasteiger partial charge in [-0.25, -0.2) is 4.39 Å². The van der Waals surface area contributed by atoms with Gasteiger partial charge in [0.2, 0.25) is 0 Å². The molecule has 0 aliphatic heterocycles. The summed E-state index contributed by atoms with van der Waals surface area (Å²) in [7, 11) is 2.02. The van der Waals surface area contributed by atoms with Gasteiger partial charge in [-0.3, -0.25) is 4.90 Å². The maximum atomic E-state index is 13.8. The van der Waals surface area contributed by atoms with Crippen LogP contribution in [0.1, 0.15) is 23.4 Å². The number of nitrogens with zero attached hydrogens (tertiary/aromatic N) is 1. The third kappa shape index (κ3) is 3.19. The first kappa shape index (κ1) is 13.7. The zero-order valence-corrected chi connectivity index (χ0v) is 12.8. The summed E-state index contributed by atoms with van der Waals surface area (Å²) in [6, 6.07) is 9.68. The van der Waals surface area contributed by atoms with E-state index in [0.29, 0.717) is 12.6 Å². The number of hydrogen-bond acceptors (Lipinski definition) is 2. The van der Waals surface area contributed by atoms with E-state index in [-0.39, 0.29) is 5.82 Å². The van der Waals surface area contributed by atoms with E-state index in [2.05, 4.69) is 39.2 Å². The molecule has 1 atom stereocenters. The summed E-state index contributed by atoms with van der Waals surface area (Å²) in [6.07, 6.45) is 0. The monoisotopic (exact) mass is 327 g/mol. The molecule has 18 heavy (non-hydrogen) atoms. The van der Waals surface area contributed by atoms with Crippen LogP contribution in [0.5, 0.6) is 0 Å². The van der Waals surface area contributed by atoms with E-state index in [0.717, 1.165) is 10.0 Å². The zero-order chi connectivity index (χ0) is 13.1. The first-order valence-corrected chi connectivity index (χ1v) is 7.43. The highest BCUT2D eigenvalue weighted by Crippen LogP contribution is 2.25. The molecule has 96 valence electrons. The van der Waals surface area contributed by atoms with Crippen LogP contribution in [-0.4, -0.2) is 11.9 Å². The maximum Gasteiger partial charge on any atom is 0.128 e. The molecule has 1 aromatic carbocycles. The third-order valence-corrected chi connectivity index (χ3v) is 4.59. The van der Waals surface area contributed by atoms with E-state index in [1.54, 1.807) is 11.3 Å². The van der Waals surface area contributed by atoms with Gasteiger partial charge in [-0.1, -0.05) is 28.1 Å². The second-order valence-electron chi connectivity index (χ2n) is 4.34. The van der Waals surface area contributed by atoms with Gasteiger partial charge >= 0.3 is 0 Å². The van der Waals surface area contributed by atoms with Gasteiger partial charge < -0.3 is 0 Å². The van der Waals surface area contributed by atoms with Crippen molar-refractivity contribution in [2.24, 2.45) is 0 Å². The number of thiophene rings is 1. The Kier molecular flexibility index (Phi) is 4.54. The van der Waals surface area contributed by atoms with Crippen molar-refractivity contribution in [3.8, 4) is 0 Å². The molecule has 0 aliphatic rings. The lowest BCUT2D eigenvalue weighted by atomic mass is 10.1. The fourth-order valence-electron chi connectivity index (χ4n) is 1.80. The Hall–Kier alpha value is -0.710. The Bertz CT molecular complexity index is 513. The van der Waals surface area contributed by atoms with Crippen LogP contribution in [-0.2, 0) is 6.54 Å². The SMILES string of the molecule is CC(c1cccs1)N(C)Cc1ccc(Br)cc1F. The van der Waals surface area contributed by atoms with Crippen molar-refractivity contribution in [1.29, 1.82) is 0 Å². The van der Waals surface area contributed by atoms with Gasteiger partial charge in [0.1, 0.15) is 5.82 Å². The largest absolute Gasteiger partial charge is 0.294 e. The summed E-state index contributed by atoms with van der Waals surface area (Å²) < 4.78 is 14.5. The molecule has 2 rings (SSSR count). The van der Waals surface area contributed by atoms with Gasteiger partial charge in [-0.15, -0.1) is 11.3 Å². The van der Waals surface area contributed by atoms with Gasteiger partial charge in [0.15, 0.2) is 0 Å². The second kappa shape index (κ2) is 5.95. The molecular formula is C14H15BrFNS. The smallest absolute Gasteiger partial charge is 0.128 e. The van der Waals surface area contributed by atoms with E-state index in [4.69, 9.17) is 0 Å². The van der Waals surface area contributed by atoms with Crippen molar-refractivity contribution in [3.05, 3.63) is 56.4 Å². The molecule has 0 N–H and O–H groups in total. The molecule has 0 fully saturated rings. The van der Waals surface area contributed by atoms with E-state index >= 15 is 0 Å². The standard InChI is InChI=1S/C14H15BrFNS/c1-10(14-4-3-7-18-14)17(2)9-11-5-6-12(15)8-13(11)16/h3-8,10H,9H2,1-2H3. The van der Waals surface area contributed by atoms with Crippen molar-refractivity contribution in [1.82, 2.24) is 4.90 Å². The fourth-order valence-corrected chi connectivity index (χ4v) is 2.98. The molecule has 0 aliphatic carbocycles. The average molecular weight is 328 g/mol. The lowest BCUT2D eigenvalue weighted by Gasteiger charge is -2.24. The minimum atomic E-state index is -0.158. The maximum absolute atomic E-state index is 13.8. The summed E-state index contributed by atoms with van der Waals surface area (Å²) in [5, 5.41) is 2.07. The molecule has 0 saturated heterocycles. The Balaban J connectivity index is 2.09. The third-order valence-electron chi connectivity index (χ3n) is 3.05. The van der Waals surface area contributed by atoms with E-state index < -0.39 is 0 Å². The van der Waals surface area contributed by atoms with Crippen LogP contribution in [0.2, 0.25) is 0 Å². The normalized spacial score (nSPS) is 12.9. The van der Waals surface area contributed by atoms with Crippen LogP contribution < -0.4 is 0 Å². The Morgan fingerprint density at radius 2 is 2.17 bits per heavy atom. The van der Waals surface area contributed by atoms with Crippen LogP contribution in [0.4, 0.5) is 4.39 Å². The Morgan fingerprint density at radius 1 is 1.39 bits per heavy atom. The molecule has 1 heterocycles. The van der Waals surface area contributed by atoms with Gasteiger partial charge in [0, 0.05) is 27.5 Å². The lowest BCUT2D eigenvalue weighted by molar-refractivity contribution is 0.253. The molecule has 0 spiro atoms. The van der Waals surface area contributed by atoms with Gasteiger partial charge in [0.05, 0.1) is 0 Å². The zero-order valence-electron chi connectivity index (χ0n) is 10.4. The molecular weight excluding hydrogens is 313 g/mol. The average Bonchev–Trinajstić information content (AvgIpc) is 2.85. The van der Waals surface area contributed by atoms with Crippen LogP contribution in [0.25, 0.3) is 0 Å². The number of hydrogen-bond donors (Lipinski definition) is 0. The molecule has 1 nitrogen and oxygen atoms in total. The van der Waals surface area contributed by atoms with Gasteiger partial charge in [-0.05, 0) is 37.6 Å². The van der Waals surface area contributed by atoms with Crippen LogP contribution in [0, 0.1) is 5.82 Å². The molecule has 2 aromatic rings. The minimum absolute atomic E-state index is 0.158. The number of halogens is 2. The van der Waals surface area contributed by atoms with E-state index in [1.807, 2.05) is 25.2 Å². The Morgan fingerprint density at radius 3 is 2.78 bits per heavy atom. The summed E-state index contributed by atoms with van der Waals surface area (Å²) >= 11 is 5.00. The molecule has 0 radical (unpaired) electrons. The highest BCUT2D eigenvalue weighted by atomic mass is 79.9. The molecule has 1 aromatic heterocycles. The molecule has 0 bridgehead atoms. The summed E-state index contributed by atoms with van der Waals surface area (Å²) in [4.78, 5) is 3.45. The topological polar surface area (TPSA) is 3.24 Å². The molecule has 0 amide bonds. The quantitative estimate of drug-likeness (QED) is 0.776. The van der Waals surface area contributed by atoms with E-state index in [1.165, 1.54) is 10.9 Å². The summed E-state index contributed by atoms with van der Waals surface area (Å²) in [5.74, 6) is -0.158. The van der Waals surface area contributed by atoms with Crippen molar-refractivity contribution >= 4 is 27.3 Å². The van der Waals surface area contributed by atoms with Crippen LogP contribution in [0.15, 0.2) is 40.2 Å². The fraction of sp³-hybridized carbons (Fsp3) is 0.286. The molecule has 1 unspecified atom stereocenters. The van der Waals surface area contributed by atoms with Crippen molar-refractivity contribution in [2.45, 2.75) is 19.5 Å². The molecule has 4 heteroatoms. The van der Waals surface area contributed by atoms with E-state index in [9.17, 15) is 4.39 Å². The van der Waals surface area contributed by atoms with Crippen molar-refractivity contribution < 1.29 is 4.39 Å². The number of rotatable bonds is 4. The highest BCUT2D eigenvalue weighted by Gasteiger charge is 2.14. The first-order valence-electron chi connectivity index (χ1n) is 5.75. The molecule has 0 saturated carbocycles. The van der Waals surface area contributed by atoms with Gasteiger partial charge in [-0.2, -0.15) is 0 Å². The second-order valence-corrected chi connectivity index (χ2v) is 6.24. The first-order chi connectivity index (χ1) is 8.58. The summed E-state index contributed by atoms with van der Waals surface area (Å²) in [6.45, 7) is 2.75. The number of benzene rings is 1. The predicted octanol–water partition coefficient (Wildman–Crippen LogP) is 4.84. The minimum Gasteiger partial charge on any atom is -0.294 e. The van der Waals surface area contributed by atoms with Crippen LogP contribution >= 0.6 is 27.3 Å². The van der Waals surface area contributed by atoms with Gasteiger partial charge in [0.25, 0.3) is 0 Å². The van der Waals surface area contributed by atoms with Crippen LogP contribution in [0.3, 0.4) is 0 Å². The van der Waals surface area contributed by atoms with Crippen molar-refractivity contribution in [3.63, 3.8) is 0 Å². The predicted molar refractivity (Wildman–Crippen MR) is 78.3 cm³/mol. The lowest BCUT2D eigenvalue weighted by Crippen LogP contribution is -2.21. The van der Waals surface area contributed by atoms with Crippen molar-refractivity contribution in [2.75, 3.05) is 7.05 Å².